The summed E-state index contributed by atoms with van der Waals surface area (Å²) in [5.41, 5.74) is 7.47. The number of pyridine rings is 4. The number of aromatic nitrogens is 14. The summed E-state index contributed by atoms with van der Waals surface area (Å²) >= 11 is 13.6. The Bertz CT molecular complexity index is 3950. The van der Waals surface area contributed by atoms with Crippen molar-refractivity contribution in [2.45, 2.75) is 47.6 Å². The SMILES string of the molecule is Brc1ccc2ncc3nc(C4CC4)sc3c2c1.Cn1cc(-c2cc(F)c3n[nH]c(=S)n3c2)cn1.Cn1cc(-c2cc(F)c3nnc(Sc4ccc5ncc6nc(C7CC7)sc6c5c4)n3c2)cn1. The number of thiazole rings is 2. The van der Waals surface area contributed by atoms with E-state index < -0.39 is 11.6 Å². The minimum absolute atomic E-state index is 0.197. The van der Waals surface area contributed by atoms with Gasteiger partial charge in [0.25, 0.3) is 0 Å². The van der Waals surface area contributed by atoms with Crippen LogP contribution in [0.1, 0.15) is 47.5 Å². The molecule has 2 fully saturated rings. The molecule has 0 amide bonds. The predicted molar refractivity (Wildman–Crippen MR) is 263 cm³/mol. The summed E-state index contributed by atoms with van der Waals surface area (Å²) < 4.78 is 39.0. The van der Waals surface area contributed by atoms with E-state index in [1.165, 1.54) is 78.8 Å². The summed E-state index contributed by atoms with van der Waals surface area (Å²) in [6, 6.07) is 15.2. The van der Waals surface area contributed by atoms with Gasteiger partial charge in [-0.05, 0) is 98.2 Å². The van der Waals surface area contributed by atoms with Crippen molar-refractivity contribution in [2.24, 2.45) is 14.1 Å². The van der Waals surface area contributed by atoms with E-state index in [0.717, 1.165) is 59.4 Å². The molecule has 1 N–H and O–H groups in total. The Morgan fingerprint density at radius 3 is 1.81 bits per heavy atom. The van der Waals surface area contributed by atoms with Crippen LogP contribution in [0.15, 0.2) is 113 Å². The maximum Gasteiger partial charge on any atom is 0.200 e. The average molecular weight is 1030 g/mol. The van der Waals surface area contributed by atoms with E-state index >= 15 is 0 Å². The van der Waals surface area contributed by atoms with Crippen LogP contribution < -0.4 is 0 Å². The van der Waals surface area contributed by atoms with Gasteiger partial charge in [-0.15, -0.1) is 32.9 Å². The minimum Gasteiger partial charge on any atom is -0.275 e. The first-order chi connectivity index (χ1) is 32.6. The lowest BCUT2D eigenvalue weighted by molar-refractivity contribution is 0.629. The second kappa shape index (κ2) is 16.7. The van der Waals surface area contributed by atoms with Gasteiger partial charge in [0.05, 0.1) is 55.2 Å². The van der Waals surface area contributed by atoms with E-state index in [9.17, 15) is 8.78 Å². The molecular formula is C46H33BrF2N14S4. The molecule has 2 aliphatic carbocycles. The Labute approximate surface area is 403 Å². The van der Waals surface area contributed by atoms with Crippen LogP contribution in [-0.2, 0) is 14.1 Å². The zero-order chi connectivity index (χ0) is 45.5. The lowest BCUT2D eigenvalue weighted by atomic mass is 10.1. The first-order valence-electron chi connectivity index (χ1n) is 21.1. The van der Waals surface area contributed by atoms with Gasteiger partial charge in [-0.2, -0.15) is 15.3 Å². The zero-order valence-corrected chi connectivity index (χ0v) is 40.2. The molecule has 2 aliphatic rings. The van der Waals surface area contributed by atoms with Crippen LogP contribution in [0.25, 0.3) is 75.8 Å². The Kier molecular flexibility index (Phi) is 10.5. The number of nitrogens with one attached hydrogen (secondary N) is 1. The second-order valence-corrected chi connectivity index (χ2v) is 20.8. The van der Waals surface area contributed by atoms with Crippen molar-refractivity contribution in [3.8, 4) is 22.3 Å². The van der Waals surface area contributed by atoms with Gasteiger partial charge in [0, 0.05) is 93.1 Å². The number of hydrogen-bond donors (Lipinski definition) is 1. The minimum atomic E-state index is -0.419. The van der Waals surface area contributed by atoms with E-state index in [2.05, 4.69) is 74.7 Å². The number of benzene rings is 2. The largest absolute Gasteiger partial charge is 0.275 e. The van der Waals surface area contributed by atoms with Crippen LogP contribution in [-0.4, -0.2) is 68.7 Å². The molecule has 0 radical (unpaired) electrons. The van der Waals surface area contributed by atoms with Crippen molar-refractivity contribution in [1.82, 2.24) is 68.7 Å². The molecule has 332 valence electrons. The molecule has 0 atom stereocenters. The van der Waals surface area contributed by atoms with Crippen LogP contribution in [0.3, 0.4) is 0 Å². The van der Waals surface area contributed by atoms with E-state index in [1.807, 2.05) is 74.6 Å². The third kappa shape index (κ3) is 8.17. The Morgan fingerprint density at radius 2 is 1.22 bits per heavy atom. The second-order valence-electron chi connectivity index (χ2n) is 16.4. The fraction of sp³-hybridized carbons (Fsp3) is 0.174. The van der Waals surface area contributed by atoms with E-state index in [-0.39, 0.29) is 11.3 Å². The number of hydrogen-bond acceptors (Lipinski definition) is 13. The number of aryl methyl sites for hydroxylation is 2. The molecule has 12 aromatic rings. The highest BCUT2D eigenvalue weighted by Gasteiger charge is 2.28. The van der Waals surface area contributed by atoms with Crippen molar-refractivity contribution < 1.29 is 8.78 Å². The molecule has 10 aromatic heterocycles. The van der Waals surface area contributed by atoms with Gasteiger partial charge in [-0.3, -0.25) is 33.2 Å². The highest BCUT2D eigenvalue weighted by molar-refractivity contribution is 9.10. The molecular weight excluding hydrogens is 995 g/mol. The lowest BCUT2D eigenvalue weighted by Gasteiger charge is -2.05. The fourth-order valence-corrected chi connectivity index (χ4v) is 11.6. The molecule has 2 saturated carbocycles. The summed E-state index contributed by atoms with van der Waals surface area (Å²) in [4.78, 5) is 19.5. The van der Waals surface area contributed by atoms with Gasteiger partial charge in [-0.25, -0.2) is 18.7 Å². The summed E-state index contributed by atoms with van der Waals surface area (Å²) in [6.07, 6.45) is 19.4. The Balaban J connectivity index is 0.000000116. The molecule has 0 aliphatic heterocycles. The summed E-state index contributed by atoms with van der Waals surface area (Å²) in [6.45, 7) is 0. The number of halogens is 3. The Hall–Kier alpha value is -6.39. The van der Waals surface area contributed by atoms with Crippen LogP contribution in [0, 0.1) is 16.4 Å². The summed E-state index contributed by atoms with van der Waals surface area (Å²) in [5, 5.41) is 28.3. The van der Waals surface area contributed by atoms with Crippen molar-refractivity contribution in [1.29, 1.82) is 0 Å². The number of aromatic amines is 1. The molecule has 14 rings (SSSR count). The van der Waals surface area contributed by atoms with Crippen molar-refractivity contribution in [2.75, 3.05) is 0 Å². The third-order valence-electron chi connectivity index (χ3n) is 11.4. The standard InChI is InChI=1S/C23H16FN7S2.C13H9BrN2S.C10H8FN5S/c1-30-10-14(8-26-30)13-6-17(24)21-28-29-23(31(21)11-13)32-15-4-5-18-16(7-15)20-19(9-25-18)27-22(33-20)12-2-3-12;14-8-3-4-10-9(5-8)12-11(6-15-10)16-13(17-12)7-1-2-7;1-15-4-7(3-12-15)6-2-8(11)9-13-14-10(17)16(9)5-6/h4-12H,2-3H2,1H3;3-7H,1-2H2;2-5H,1H3,(H,14,17). The van der Waals surface area contributed by atoms with Gasteiger partial charge in [0.2, 0.25) is 5.16 Å². The van der Waals surface area contributed by atoms with Crippen LogP contribution in [0.2, 0.25) is 0 Å². The highest BCUT2D eigenvalue weighted by Crippen LogP contribution is 2.46. The molecule has 14 nitrogen and oxygen atoms in total. The Morgan fingerprint density at radius 1 is 0.657 bits per heavy atom. The van der Waals surface area contributed by atoms with E-state index in [1.54, 1.807) is 43.7 Å². The normalized spacial score (nSPS) is 13.8. The highest BCUT2D eigenvalue weighted by atomic mass is 79.9. The quantitative estimate of drug-likeness (QED) is 0.159. The van der Waals surface area contributed by atoms with Crippen LogP contribution in [0.5, 0.6) is 0 Å². The first-order valence-corrected chi connectivity index (χ1v) is 24.7. The first kappa shape index (κ1) is 42.0. The molecule has 10 heterocycles. The number of fused-ring (bicyclic) bond motifs is 8. The number of H-pyrrole nitrogens is 1. The van der Waals surface area contributed by atoms with Crippen molar-refractivity contribution in [3.05, 3.63) is 129 Å². The van der Waals surface area contributed by atoms with Crippen LogP contribution >= 0.6 is 62.6 Å². The van der Waals surface area contributed by atoms with Crippen molar-refractivity contribution >= 4 is 116 Å². The summed E-state index contributed by atoms with van der Waals surface area (Å²) in [7, 11) is 3.64. The molecule has 67 heavy (non-hydrogen) atoms. The van der Waals surface area contributed by atoms with Gasteiger partial charge in [0.15, 0.2) is 27.7 Å². The van der Waals surface area contributed by atoms with Crippen LogP contribution in [0.4, 0.5) is 8.78 Å². The van der Waals surface area contributed by atoms with Gasteiger partial charge < -0.3 is 0 Å². The monoisotopic (exact) mass is 1030 g/mol. The maximum atomic E-state index is 14.8. The predicted octanol–water partition coefficient (Wildman–Crippen LogP) is 11.9. The average Bonchev–Trinajstić information content (AvgIpc) is 3.92. The molecule has 0 spiro atoms. The number of nitrogens with zero attached hydrogens (tertiary/aromatic N) is 13. The fourth-order valence-electron chi connectivity index (χ4n) is 7.74. The molecule has 0 saturated heterocycles. The van der Waals surface area contributed by atoms with Crippen molar-refractivity contribution in [3.63, 3.8) is 0 Å². The third-order valence-corrected chi connectivity index (χ3v) is 15.7. The van der Waals surface area contributed by atoms with Gasteiger partial charge >= 0.3 is 0 Å². The van der Waals surface area contributed by atoms with E-state index in [4.69, 9.17) is 22.2 Å². The lowest BCUT2D eigenvalue weighted by Crippen LogP contribution is -1.93. The molecule has 2 aromatic carbocycles. The van der Waals surface area contributed by atoms with Gasteiger partial charge in [0.1, 0.15) is 11.0 Å². The molecule has 0 bridgehead atoms. The molecule has 0 unspecified atom stereocenters. The number of rotatable bonds is 6. The maximum absolute atomic E-state index is 14.8. The topological polar surface area (TPSA) is 150 Å². The smallest absolute Gasteiger partial charge is 0.200 e. The zero-order valence-electron chi connectivity index (χ0n) is 35.3. The van der Waals surface area contributed by atoms with Gasteiger partial charge in [-0.1, -0.05) is 15.9 Å². The van der Waals surface area contributed by atoms with E-state index in [0.29, 0.717) is 21.4 Å². The molecule has 21 heteroatoms. The summed E-state index contributed by atoms with van der Waals surface area (Å²) in [5.74, 6) is 0.493.